The number of hydrogen-bond acceptors (Lipinski definition) is 7. The predicted molar refractivity (Wildman–Crippen MR) is 147 cm³/mol. The molecule has 0 aliphatic heterocycles. The lowest BCUT2D eigenvalue weighted by Crippen LogP contribution is -2.60. The number of hydrogen-bond donors (Lipinski definition) is 2. The van der Waals surface area contributed by atoms with Crippen molar-refractivity contribution in [2.24, 2.45) is 45.3 Å². The first-order chi connectivity index (χ1) is 18.3. The summed E-state index contributed by atoms with van der Waals surface area (Å²) in [5.41, 5.74) is -1.76. The molecule has 0 bridgehead atoms. The van der Waals surface area contributed by atoms with Crippen LogP contribution in [0.3, 0.4) is 0 Å². The van der Waals surface area contributed by atoms with E-state index in [1.807, 2.05) is 34.6 Å². The number of Topliss-reactive ketones (excluding diaryl/α,β-unsaturated/α-hetero) is 3. The van der Waals surface area contributed by atoms with E-state index < -0.39 is 39.7 Å². The quantitative estimate of drug-likeness (QED) is 0.429. The molecular weight excluding hydrogens is 512 g/mol. The SMILES string of the molecule is CC(=O)O[C@H]1CC[C@]2(C)C3=C(C(=O)C[C@H]2C1(C)C)[C@]1(C)[C@@H](O)C[C@H]([C@H](C)CC(=O)C[C@@H](C)C(=O)O)[C@@]1(C)CC3=O. The van der Waals surface area contributed by atoms with Crippen LogP contribution in [0.4, 0.5) is 0 Å². The zero-order valence-electron chi connectivity index (χ0n) is 25.3. The number of aliphatic carboxylic acids is 1. The highest BCUT2D eigenvalue weighted by Crippen LogP contribution is 2.71. The summed E-state index contributed by atoms with van der Waals surface area (Å²) < 4.78 is 5.68. The number of aliphatic hydroxyl groups is 1. The van der Waals surface area contributed by atoms with Crippen molar-refractivity contribution in [1.29, 1.82) is 0 Å². The predicted octanol–water partition coefficient (Wildman–Crippen LogP) is 4.70. The first-order valence-electron chi connectivity index (χ1n) is 14.7. The lowest BCUT2D eigenvalue weighted by molar-refractivity contribution is -0.169. The van der Waals surface area contributed by atoms with Gasteiger partial charge in [-0.25, -0.2) is 0 Å². The van der Waals surface area contributed by atoms with Crippen LogP contribution in [0.1, 0.15) is 100 Å². The molecule has 2 N–H and O–H groups in total. The van der Waals surface area contributed by atoms with Crippen LogP contribution in [0, 0.1) is 45.3 Å². The molecule has 0 radical (unpaired) electrons. The summed E-state index contributed by atoms with van der Waals surface area (Å²) in [4.78, 5) is 64.2. The second kappa shape index (κ2) is 9.88. The maximum Gasteiger partial charge on any atom is 0.306 e. The Morgan fingerprint density at radius 1 is 1.00 bits per heavy atom. The second-order valence-electron chi connectivity index (χ2n) is 14.5. The summed E-state index contributed by atoms with van der Waals surface area (Å²) in [7, 11) is 0. The Morgan fingerprint density at radius 3 is 2.20 bits per heavy atom. The molecule has 0 spiro atoms. The van der Waals surface area contributed by atoms with Crippen LogP contribution in [-0.2, 0) is 28.7 Å². The molecule has 0 aromatic carbocycles. The first kappa shape index (κ1) is 30.6. The van der Waals surface area contributed by atoms with Crippen LogP contribution < -0.4 is 0 Å². The van der Waals surface area contributed by atoms with Crippen molar-refractivity contribution in [3.8, 4) is 0 Å². The van der Waals surface area contributed by atoms with Crippen LogP contribution in [0.15, 0.2) is 11.1 Å². The minimum absolute atomic E-state index is 0.0560. The monoisotopic (exact) mass is 558 g/mol. The van der Waals surface area contributed by atoms with Gasteiger partial charge in [0.25, 0.3) is 0 Å². The van der Waals surface area contributed by atoms with Gasteiger partial charge in [0.2, 0.25) is 0 Å². The number of ketones is 3. The van der Waals surface area contributed by atoms with Gasteiger partial charge < -0.3 is 14.9 Å². The summed E-state index contributed by atoms with van der Waals surface area (Å²) in [5, 5.41) is 20.9. The van der Waals surface area contributed by atoms with Crippen LogP contribution in [-0.4, -0.2) is 51.7 Å². The molecule has 8 nitrogen and oxygen atoms in total. The van der Waals surface area contributed by atoms with E-state index in [0.29, 0.717) is 30.4 Å². The van der Waals surface area contributed by atoms with E-state index >= 15 is 0 Å². The molecule has 222 valence electrons. The lowest BCUT2D eigenvalue weighted by Gasteiger charge is -2.61. The fourth-order valence-corrected chi connectivity index (χ4v) is 9.51. The lowest BCUT2D eigenvalue weighted by atomic mass is 9.42. The van der Waals surface area contributed by atoms with Gasteiger partial charge in [-0.3, -0.25) is 24.0 Å². The average molecular weight is 559 g/mol. The molecule has 0 aromatic heterocycles. The fourth-order valence-electron chi connectivity index (χ4n) is 9.51. The highest BCUT2D eigenvalue weighted by Gasteiger charge is 2.70. The van der Waals surface area contributed by atoms with Crippen molar-refractivity contribution < 1.29 is 38.9 Å². The van der Waals surface area contributed by atoms with Crippen molar-refractivity contribution >= 4 is 29.3 Å². The van der Waals surface area contributed by atoms with Crippen LogP contribution in [0.25, 0.3) is 0 Å². The number of allylic oxidation sites excluding steroid dienone is 1. The number of aliphatic hydroxyl groups excluding tert-OH is 1. The van der Waals surface area contributed by atoms with Gasteiger partial charge in [0.15, 0.2) is 11.6 Å². The van der Waals surface area contributed by atoms with Crippen LogP contribution >= 0.6 is 0 Å². The summed E-state index contributed by atoms with van der Waals surface area (Å²) in [6, 6.07) is 0. The number of ether oxygens (including phenoxy) is 1. The van der Waals surface area contributed by atoms with Gasteiger partial charge in [-0.15, -0.1) is 0 Å². The molecule has 8 heteroatoms. The number of rotatable bonds is 7. The molecule has 2 saturated carbocycles. The molecule has 40 heavy (non-hydrogen) atoms. The molecular formula is C32H46O8. The van der Waals surface area contributed by atoms with Crippen molar-refractivity contribution in [2.45, 2.75) is 113 Å². The number of esters is 1. The number of carbonyl (C=O) groups excluding carboxylic acids is 4. The molecule has 0 aromatic rings. The molecule has 0 heterocycles. The largest absolute Gasteiger partial charge is 0.481 e. The van der Waals surface area contributed by atoms with Crippen molar-refractivity contribution in [2.75, 3.05) is 0 Å². The molecule has 9 atom stereocenters. The third-order valence-corrected chi connectivity index (χ3v) is 11.9. The van der Waals surface area contributed by atoms with Gasteiger partial charge in [-0.1, -0.05) is 48.5 Å². The number of fused-ring (bicyclic) bond motifs is 4. The number of carboxylic acid groups (broad SMARTS) is 1. The Labute approximate surface area is 237 Å². The first-order valence-corrected chi connectivity index (χ1v) is 14.7. The van der Waals surface area contributed by atoms with Gasteiger partial charge in [-0.05, 0) is 42.4 Å². The molecule has 4 rings (SSSR count). The highest BCUT2D eigenvalue weighted by atomic mass is 16.5. The maximum atomic E-state index is 14.2. The molecule has 4 aliphatic carbocycles. The van der Waals surface area contributed by atoms with Crippen LogP contribution in [0.5, 0.6) is 0 Å². The Hall–Kier alpha value is -2.35. The minimum atomic E-state index is -1.01. The average Bonchev–Trinajstić information content (AvgIpc) is 3.03. The zero-order valence-corrected chi connectivity index (χ0v) is 25.3. The van der Waals surface area contributed by atoms with E-state index in [2.05, 4.69) is 6.92 Å². The van der Waals surface area contributed by atoms with E-state index in [0.717, 1.165) is 0 Å². The Bertz CT molecular complexity index is 1180. The summed E-state index contributed by atoms with van der Waals surface area (Å²) in [5.74, 6) is -3.03. The van der Waals surface area contributed by atoms with Crippen molar-refractivity contribution in [1.82, 2.24) is 0 Å². The van der Waals surface area contributed by atoms with E-state index in [9.17, 15) is 34.2 Å². The van der Waals surface area contributed by atoms with Crippen molar-refractivity contribution in [3.63, 3.8) is 0 Å². The summed E-state index contributed by atoms with van der Waals surface area (Å²) in [6.45, 7) is 14.9. The smallest absolute Gasteiger partial charge is 0.306 e. The third kappa shape index (κ3) is 4.31. The highest BCUT2D eigenvalue weighted by molar-refractivity contribution is 6.11. The fraction of sp³-hybridized carbons (Fsp3) is 0.781. The van der Waals surface area contributed by atoms with E-state index in [1.54, 1.807) is 0 Å². The molecule has 0 unspecified atom stereocenters. The van der Waals surface area contributed by atoms with Crippen molar-refractivity contribution in [3.05, 3.63) is 11.1 Å². The van der Waals surface area contributed by atoms with Gasteiger partial charge in [0.1, 0.15) is 11.9 Å². The Kier molecular flexibility index (Phi) is 7.56. The molecule has 2 fully saturated rings. The van der Waals surface area contributed by atoms with E-state index in [-0.39, 0.29) is 72.9 Å². The zero-order chi connectivity index (χ0) is 30.2. The van der Waals surface area contributed by atoms with Gasteiger partial charge in [0, 0.05) is 60.0 Å². The van der Waals surface area contributed by atoms with E-state index in [1.165, 1.54) is 13.8 Å². The molecule has 0 saturated heterocycles. The number of carboxylic acids is 1. The normalized spacial score (nSPS) is 40.0. The van der Waals surface area contributed by atoms with Gasteiger partial charge >= 0.3 is 11.9 Å². The number of carbonyl (C=O) groups is 5. The second-order valence-corrected chi connectivity index (χ2v) is 14.5. The molecule has 4 aliphatic rings. The van der Waals surface area contributed by atoms with Gasteiger partial charge in [-0.2, -0.15) is 0 Å². The third-order valence-electron chi connectivity index (χ3n) is 11.9. The Balaban J connectivity index is 1.73. The summed E-state index contributed by atoms with van der Waals surface area (Å²) in [6.07, 6.45) is 0.870. The topological polar surface area (TPSA) is 135 Å². The van der Waals surface area contributed by atoms with Crippen LogP contribution in [0.2, 0.25) is 0 Å². The van der Waals surface area contributed by atoms with Gasteiger partial charge in [0.05, 0.1) is 12.0 Å². The Morgan fingerprint density at radius 2 is 1.62 bits per heavy atom. The standard InChI is InChI=1S/C32H46O8/c1-16(11-19(34)12-17(2)28(38)39)20-13-24(37)32(8)27-21(35)14-23-29(4,5)25(40-18(3)33)9-10-30(23,6)26(27)22(36)15-31(20,32)7/h16-17,20,23-25,37H,9-15H2,1-8H3,(H,38,39)/t16-,17-,20-,23+,24+,25+,30+,31-,32+/m1/s1. The van der Waals surface area contributed by atoms with E-state index in [4.69, 9.17) is 4.74 Å². The maximum absolute atomic E-state index is 14.2. The minimum Gasteiger partial charge on any atom is -0.481 e. The summed E-state index contributed by atoms with van der Waals surface area (Å²) >= 11 is 0. The molecule has 0 amide bonds.